The molecule has 3 amide bonds. The van der Waals surface area contributed by atoms with Gasteiger partial charge in [0.05, 0.1) is 6.54 Å². The number of ether oxygens (including phenoxy) is 1. The minimum atomic E-state index is -1.52. The van der Waals surface area contributed by atoms with E-state index in [2.05, 4.69) is 6.58 Å². The van der Waals surface area contributed by atoms with Gasteiger partial charge in [0.1, 0.15) is 6.61 Å². The normalized spacial score (nSPS) is 11.3. The molecule has 0 aliphatic carbocycles. The van der Waals surface area contributed by atoms with Crippen LogP contribution in [-0.4, -0.2) is 74.3 Å². The number of likely N-dealkylation sites (N-methyl/N-ethyl adjacent to an activating group) is 1. The lowest BCUT2D eigenvalue weighted by Crippen LogP contribution is -2.51. The smallest absolute Gasteiger partial charge is 0.333 e. The van der Waals surface area contributed by atoms with Crippen LogP contribution in [0.2, 0.25) is 0 Å². The standard InChI is InChI=1S/C23H33N3O5/c1-7-8-14-24(4)20(27)19(22(29)26(6)18-12-10-9-11-13-18)21(28)25(5)15-16-31-23(30)17(2)3/h9-13,19H,2,7-8,14-16H2,1,3-6H3. The first kappa shape index (κ1) is 25.9. The number of amides is 3. The molecule has 1 aromatic rings. The van der Waals surface area contributed by atoms with Gasteiger partial charge in [0.15, 0.2) is 5.92 Å². The number of hydrogen-bond donors (Lipinski definition) is 0. The SMILES string of the molecule is C=C(C)C(=O)OCCN(C)C(=O)C(C(=O)N(C)CCCC)C(=O)N(C)c1ccccc1. The first-order valence-electron chi connectivity index (χ1n) is 10.3. The molecular weight excluding hydrogens is 398 g/mol. The molecule has 1 aromatic carbocycles. The first-order valence-corrected chi connectivity index (χ1v) is 10.3. The van der Waals surface area contributed by atoms with E-state index >= 15 is 0 Å². The van der Waals surface area contributed by atoms with Crippen molar-refractivity contribution in [3.05, 3.63) is 42.5 Å². The van der Waals surface area contributed by atoms with Crippen molar-refractivity contribution in [2.75, 3.05) is 45.7 Å². The Balaban J connectivity index is 3.04. The van der Waals surface area contributed by atoms with E-state index in [0.29, 0.717) is 12.2 Å². The second kappa shape index (κ2) is 12.5. The summed E-state index contributed by atoms with van der Waals surface area (Å²) in [7, 11) is 4.59. The van der Waals surface area contributed by atoms with Crippen LogP contribution in [0.4, 0.5) is 5.69 Å². The number of rotatable bonds is 11. The van der Waals surface area contributed by atoms with E-state index in [1.165, 1.54) is 35.7 Å². The molecule has 8 nitrogen and oxygen atoms in total. The molecule has 1 unspecified atom stereocenters. The van der Waals surface area contributed by atoms with Gasteiger partial charge in [0, 0.05) is 38.9 Å². The fourth-order valence-electron chi connectivity index (χ4n) is 2.74. The van der Waals surface area contributed by atoms with E-state index in [1.807, 2.05) is 13.0 Å². The molecular formula is C23H33N3O5. The summed E-state index contributed by atoms with van der Waals surface area (Å²) in [4.78, 5) is 54.9. The Morgan fingerprint density at radius 1 is 0.935 bits per heavy atom. The Morgan fingerprint density at radius 3 is 2.00 bits per heavy atom. The molecule has 0 aliphatic rings. The van der Waals surface area contributed by atoms with Crippen molar-refractivity contribution >= 4 is 29.4 Å². The van der Waals surface area contributed by atoms with Gasteiger partial charge in [0.2, 0.25) is 17.7 Å². The average molecular weight is 432 g/mol. The fourth-order valence-corrected chi connectivity index (χ4v) is 2.74. The third kappa shape index (κ3) is 7.55. The predicted octanol–water partition coefficient (Wildman–Crippen LogP) is 2.10. The summed E-state index contributed by atoms with van der Waals surface area (Å²) >= 11 is 0. The second-order valence-electron chi connectivity index (χ2n) is 7.46. The van der Waals surface area contributed by atoms with Crippen LogP contribution in [0.15, 0.2) is 42.5 Å². The maximum Gasteiger partial charge on any atom is 0.333 e. The minimum absolute atomic E-state index is 0.0443. The number of hydrogen-bond acceptors (Lipinski definition) is 5. The molecule has 0 N–H and O–H groups in total. The van der Waals surface area contributed by atoms with Gasteiger partial charge in [0.25, 0.3) is 0 Å². The molecule has 0 saturated heterocycles. The molecule has 1 rings (SSSR count). The zero-order chi connectivity index (χ0) is 23.6. The van der Waals surface area contributed by atoms with Crippen molar-refractivity contribution in [2.45, 2.75) is 26.7 Å². The monoisotopic (exact) mass is 431 g/mol. The van der Waals surface area contributed by atoms with E-state index in [-0.39, 0.29) is 18.7 Å². The molecule has 0 radical (unpaired) electrons. The summed E-state index contributed by atoms with van der Waals surface area (Å²) in [6, 6.07) is 8.81. The highest BCUT2D eigenvalue weighted by Crippen LogP contribution is 2.17. The van der Waals surface area contributed by atoms with E-state index in [9.17, 15) is 19.2 Å². The lowest BCUT2D eigenvalue weighted by atomic mass is 10.0. The average Bonchev–Trinajstić information content (AvgIpc) is 2.76. The quantitative estimate of drug-likeness (QED) is 0.304. The van der Waals surface area contributed by atoms with Crippen molar-refractivity contribution in [3.8, 4) is 0 Å². The van der Waals surface area contributed by atoms with Gasteiger partial charge in [-0.2, -0.15) is 0 Å². The fraction of sp³-hybridized carbons (Fsp3) is 0.478. The molecule has 0 bridgehead atoms. The third-order valence-corrected chi connectivity index (χ3v) is 4.82. The zero-order valence-corrected chi connectivity index (χ0v) is 19.1. The number of unbranched alkanes of at least 4 members (excludes halogenated alkanes) is 1. The molecule has 0 heterocycles. The Kier molecular flexibility index (Phi) is 10.4. The Labute approximate surface area is 184 Å². The second-order valence-corrected chi connectivity index (χ2v) is 7.46. The molecule has 170 valence electrons. The number of benzene rings is 1. The van der Waals surface area contributed by atoms with Crippen molar-refractivity contribution < 1.29 is 23.9 Å². The summed E-state index contributed by atoms with van der Waals surface area (Å²) in [6.07, 6.45) is 1.64. The van der Waals surface area contributed by atoms with Crippen LogP contribution < -0.4 is 4.90 Å². The number of carbonyl (C=O) groups is 4. The van der Waals surface area contributed by atoms with Crippen molar-refractivity contribution in [2.24, 2.45) is 5.92 Å². The van der Waals surface area contributed by atoms with Crippen LogP contribution in [0.3, 0.4) is 0 Å². The van der Waals surface area contributed by atoms with Gasteiger partial charge >= 0.3 is 5.97 Å². The highest BCUT2D eigenvalue weighted by molar-refractivity contribution is 6.21. The number of nitrogens with zero attached hydrogens (tertiary/aromatic N) is 3. The molecule has 0 spiro atoms. The number of esters is 1. The largest absolute Gasteiger partial charge is 0.460 e. The van der Waals surface area contributed by atoms with E-state index in [4.69, 9.17) is 4.74 Å². The highest BCUT2D eigenvalue weighted by Gasteiger charge is 2.39. The lowest BCUT2D eigenvalue weighted by molar-refractivity contribution is -0.152. The van der Waals surface area contributed by atoms with Gasteiger partial charge in [-0.3, -0.25) is 14.4 Å². The number of anilines is 1. The summed E-state index contributed by atoms with van der Waals surface area (Å²) in [5.74, 6) is -3.90. The zero-order valence-electron chi connectivity index (χ0n) is 19.1. The maximum absolute atomic E-state index is 13.2. The van der Waals surface area contributed by atoms with E-state index < -0.39 is 29.6 Å². The van der Waals surface area contributed by atoms with Crippen molar-refractivity contribution in [3.63, 3.8) is 0 Å². The van der Waals surface area contributed by atoms with Crippen LogP contribution in [0.5, 0.6) is 0 Å². The Hall–Kier alpha value is -3.16. The molecule has 0 aliphatic heterocycles. The van der Waals surface area contributed by atoms with Crippen LogP contribution in [-0.2, 0) is 23.9 Å². The van der Waals surface area contributed by atoms with Crippen LogP contribution in [0, 0.1) is 5.92 Å². The topological polar surface area (TPSA) is 87.2 Å². The van der Waals surface area contributed by atoms with Crippen molar-refractivity contribution in [1.82, 2.24) is 9.80 Å². The molecule has 31 heavy (non-hydrogen) atoms. The Morgan fingerprint density at radius 2 is 1.48 bits per heavy atom. The van der Waals surface area contributed by atoms with Gasteiger partial charge < -0.3 is 19.4 Å². The molecule has 1 atom stereocenters. The van der Waals surface area contributed by atoms with Gasteiger partial charge in [-0.15, -0.1) is 0 Å². The molecule has 0 saturated carbocycles. The molecule has 0 fully saturated rings. The van der Waals surface area contributed by atoms with Crippen LogP contribution in [0.1, 0.15) is 26.7 Å². The number of para-hydroxylation sites is 1. The van der Waals surface area contributed by atoms with Crippen LogP contribution >= 0.6 is 0 Å². The highest BCUT2D eigenvalue weighted by atomic mass is 16.5. The van der Waals surface area contributed by atoms with Crippen molar-refractivity contribution in [1.29, 1.82) is 0 Å². The van der Waals surface area contributed by atoms with Gasteiger partial charge in [-0.05, 0) is 25.5 Å². The summed E-state index contributed by atoms with van der Waals surface area (Å²) in [5.41, 5.74) is 0.826. The minimum Gasteiger partial charge on any atom is -0.460 e. The Bertz CT molecular complexity index is 794. The van der Waals surface area contributed by atoms with E-state index in [0.717, 1.165) is 12.8 Å². The summed E-state index contributed by atoms with van der Waals surface area (Å²) in [5, 5.41) is 0. The molecule has 8 heteroatoms. The lowest BCUT2D eigenvalue weighted by Gasteiger charge is -2.29. The number of carbonyl (C=O) groups excluding carboxylic acids is 4. The maximum atomic E-state index is 13.2. The van der Waals surface area contributed by atoms with Crippen LogP contribution in [0.25, 0.3) is 0 Å². The summed E-state index contributed by atoms with van der Waals surface area (Å²) < 4.78 is 5.02. The predicted molar refractivity (Wildman–Crippen MR) is 119 cm³/mol. The molecule has 0 aromatic heterocycles. The first-order chi connectivity index (χ1) is 14.6. The third-order valence-electron chi connectivity index (χ3n) is 4.82. The van der Waals surface area contributed by atoms with Gasteiger partial charge in [-0.25, -0.2) is 4.79 Å². The summed E-state index contributed by atoms with van der Waals surface area (Å²) in [6.45, 7) is 7.44. The van der Waals surface area contributed by atoms with E-state index in [1.54, 1.807) is 31.3 Å². The van der Waals surface area contributed by atoms with Gasteiger partial charge in [-0.1, -0.05) is 38.1 Å².